The Morgan fingerprint density at radius 3 is 2.46 bits per heavy atom. The van der Waals surface area contributed by atoms with Gasteiger partial charge in [-0.1, -0.05) is 13.5 Å². The van der Waals surface area contributed by atoms with Gasteiger partial charge in [0.2, 0.25) is 0 Å². The van der Waals surface area contributed by atoms with E-state index < -0.39 is 18.0 Å². The Balaban J connectivity index is 4.08. The molecule has 0 bridgehead atoms. The highest BCUT2D eigenvalue weighted by atomic mass is 16.6. The summed E-state index contributed by atoms with van der Waals surface area (Å²) in [4.78, 5) is 21.8. The highest BCUT2D eigenvalue weighted by Gasteiger charge is 2.20. The Bertz CT molecular complexity index is 198. The number of hydrogen-bond acceptors (Lipinski definition) is 4. The van der Waals surface area contributed by atoms with Crippen LogP contribution in [0.5, 0.6) is 0 Å². The molecule has 0 saturated heterocycles. The number of hydrogen-bond donors (Lipinski definition) is 0. The highest BCUT2D eigenvalue weighted by molar-refractivity contribution is 5.85. The second-order valence-electron chi connectivity index (χ2n) is 2.29. The molecule has 0 fully saturated rings. The van der Waals surface area contributed by atoms with E-state index >= 15 is 0 Å². The van der Waals surface area contributed by atoms with Crippen LogP contribution in [0, 0.1) is 0 Å². The van der Waals surface area contributed by atoms with Crippen LogP contribution in [0.2, 0.25) is 0 Å². The van der Waals surface area contributed by atoms with E-state index in [1.165, 1.54) is 0 Å². The molecular weight excluding hydrogens is 172 g/mol. The van der Waals surface area contributed by atoms with Gasteiger partial charge in [0.15, 0.2) is 6.10 Å². The highest BCUT2D eigenvalue weighted by Crippen LogP contribution is 2.01. The summed E-state index contributed by atoms with van der Waals surface area (Å²) < 4.78 is 9.42. The SMILES string of the molecule is C=CC(=O)OC(CC)C(=O)OCC. The third kappa shape index (κ3) is 4.30. The first-order valence-corrected chi connectivity index (χ1v) is 4.15. The molecular formula is C9H14O4. The molecule has 13 heavy (non-hydrogen) atoms. The van der Waals surface area contributed by atoms with Gasteiger partial charge >= 0.3 is 11.9 Å². The van der Waals surface area contributed by atoms with E-state index in [4.69, 9.17) is 4.74 Å². The average molecular weight is 186 g/mol. The van der Waals surface area contributed by atoms with Crippen LogP contribution < -0.4 is 0 Å². The second kappa shape index (κ2) is 6.22. The second-order valence-corrected chi connectivity index (χ2v) is 2.29. The first kappa shape index (κ1) is 11.7. The van der Waals surface area contributed by atoms with E-state index in [1.807, 2.05) is 0 Å². The lowest BCUT2D eigenvalue weighted by atomic mass is 10.3. The van der Waals surface area contributed by atoms with E-state index in [-0.39, 0.29) is 6.61 Å². The maximum Gasteiger partial charge on any atom is 0.347 e. The largest absolute Gasteiger partial charge is 0.463 e. The van der Waals surface area contributed by atoms with Crippen molar-refractivity contribution in [3.05, 3.63) is 12.7 Å². The lowest BCUT2D eigenvalue weighted by Crippen LogP contribution is -2.27. The third-order valence-corrected chi connectivity index (χ3v) is 1.35. The van der Waals surface area contributed by atoms with E-state index in [0.29, 0.717) is 6.42 Å². The van der Waals surface area contributed by atoms with Gasteiger partial charge in [0.25, 0.3) is 0 Å². The summed E-state index contributed by atoms with van der Waals surface area (Å²) in [6.07, 6.45) is 0.603. The quantitative estimate of drug-likeness (QED) is 0.476. The van der Waals surface area contributed by atoms with Crippen molar-refractivity contribution in [1.29, 1.82) is 0 Å². The van der Waals surface area contributed by atoms with Crippen LogP contribution in [-0.2, 0) is 19.1 Å². The molecule has 0 aromatic carbocycles. The molecule has 0 aromatic heterocycles. The molecule has 0 aliphatic carbocycles. The predicted molar refractivity (Wildman–Crippen MR) is 47.0 cm³/mol. The zero-order valence-electron chi connectivity index (χ0n) is 7.91. The van der Waals surface area contributed by atoms with E-state index in [9.17, 15) is 9.59 Å². The molecule has 1 unspecified atom stereocenters. The van der Waals surface area contributed by atoms with Crippen LogP contribution in [0.1, 0.15) is 20.3 Å². The van der Waals surface area contributed by atoms with Crippen LogP contribution in [0.3, 0.4) is 0 Å². The third-order valence-electron chi connectivity index (χ3n) is 1.35. The minimum Gasteiger partial charge on any atom is -0.463 e. The number of rotatable bonds is 5. The molecule has 0 spiro atoms. The molecule has 0 N–H and O–H groups in total. The topological polar surface area (TPSA) is 52.6 Å². The maximum absolute atomic E-state index is 11.1. The van der Waals surface area contributed by atoms with Gasteiger partial charge in [-0.2, -0.15) is 0 Å². The first-order chi connectivity index (χ1) is 6.15. The zero-order chi connectivity index (χ0) is 10.3. The molecule has 0 rings (SSSR count). The van der Waals surface area contributed by atoms with E-state index in [0.717, 1.165) is 6.08 Å². The van der Waals surface area contributed by atoms with Gasteiger partial charge in [-0.3, -0.25) is 0 Å². The molecule has 4 nitrogen and oxygen atoms in total. The molecule has 0 aromatic rings. The van der Waals surface area contributed by atoms with Crippen LogP contribution >= 0.6 is 0 Å². The molecule has 0 saturated carbocycles. The van der Waals surface area contributed by atoms with E-state index in [1.54, 1.807) is 13.8 Å². The molecule has 0 aliphatic heterocycles. The average Bonchev–Trinajstić information content (AvgIpc) is 2.14. The van der Waals surface area contributed by atoms with Gasteiger partial charge in [0.05, 0.1) is 6.61 Å². The molecule has 4 heteroatoms. The Kier molecular flexibility index (Phi) is 5.59. The monoisotopic (exact) mass is 186 g/mol. The van der Waals surface area contributed by atoms with Crippen LogP contribution in [0.25, 0.3) is 0 Å². The van der Waals surface area contributed by atoms with Crippen molar-refractivity contribution in [1.82, 2.24) is 0 Å². The summed E-state index contributed by atoms with van der Waals surface area (Å²) >= 11 is 0. The molecule has 0 aliphatic rings. The summed E-state index contributed by atoms with van der Waals surface area (Å²) in [5, 5.41) is 0. The Morgan fingerprint density at radius 1 is 1.46 bits per heavy atom. The van der Waals surface area contributed by atoms with Crippen molar-refractivity contribution < 1.29 is 19.1 Å². The van der Waals surface area contributed by atoms with Crippen molar-refractivity contribution in [2.24, 2.45) is 0 Å². The van der Waals surface area contributed by atoms with Gasteiger partial charge < -0.3 is 9.47 Å². The lowest BCUT2D eigenvalue weighted by Gasteiger charge is -2.12. The minimum absolute atomic E-state index is 0.279. The normalized spacial score (nSPS) is 11.5. The van der Waals surface area contributed by atoms with Gasteiger partial charge in [0, 0.05) is 6.08 Å². The predicted octanol–water partition coefficient (Wildman–Crippen LogP) is 1.06. The van der Waals surface area contributed by atoms with Gasteiger partial charge in [-0.15, -0.1) is 0 Å². The standard InChI is InChI=1S/C9H14O4/c1-4-7(9(11)12-6-3)13-8(10)5-2/h5,7H,2,4,6H2,1,3H3. The summed E-state index contributed by atoms with van der Waals surface area (Å²) in [7, 11) is 0. The van der Waals surface area contributed by atoms with Gasteiger partial charge in [-0.05, 0) is 13.3 Å². The Labute approximate surface area is 77.5 Å². The molecule has 1 atom stereocenters. The number of esters is 2. The van der Waals surface area contributed by atoms with Crippen molar-refractivity contribution in [3.8, 4) is 0 Å². The van der Waals surface area contributed by atoms with Crippen molar-refractivity contribution >= 4 is 11.9 Å². The Morgan fingerprint density at radius 2 is 2.08 bits per heavy atom. The fraction of sp³-hybridized carbons (Fsp3) is 0.556. The van der Waals surface area contributed by atoms with Crippen molar-refractivity contribution in [3.63, 3.8) is 0 Å². The number of ether oxygens (including phenoxy) is 2. The van der Waals surface area contributed by atoms with Crippen molar-refractivity contribution in [2.45, 2.75) is 26.4 Å². The summed E-state index contributed by atoms with van der Waals surface area (Å²) in [6, 6.07) is 0. The lowest BCUT2D eigenvalue weighted by molar-refractivity contribution is -0.164. The fourth-order valence-electron chi connectivity index (χ4n) is 0.722. The van der Waals surface area contributed by atoms with Gasteiger partial charge in [-0.25, -0.2) is 9.59 Å². The zero-order valence-corrected chi connectivity index (χ0v) is 7.91. The first-order valence-electron chi connectivity index (χ1n) is 4.15. The van der Waals surface area contributed by atoms with Crippen LogP contribution in [-0.4, -0.2) is 24.6 Å². The summed E-state index contributed by atoms with van der Waals surface area (Å²) in [5.74, 6) is -1.12. The van der Waals surface area contributed by atoms with E-state index in [2.05, 4.69) is 11.3 Å². The van der Waals surface area contributed by atoms with Crippen molar-refractivity contribution in [2.75, 3.05) is 6.61 Å². The molecule has 0 heterocycles. The summed E-state index contributed by atoms with van der Waals surface area (Å²) in [6.45, 7) is 6.93. The number of carbonyl (C=O) groups is 2. The Hall–Kier alpha value is -1.32. The minimum atomic E-state index is -0.814. The van der Waals surface area contributed by atoms with Gasteiger partial charge in [0.1, 0.15) is 0 Å². The molecule has 74 valence electrons. The maximum atomic E-state index is 11.1. The van der Waals surface area contributed by atoms with Crippen LogP contribution in [0.15, 0.2) is 12.7 Å². The number of carbonyl (C=O) groups excluding carboxylic acids is 2. The fourth-order valence-corrected chi connectivity index (χ4v) is 0.722. The molecule has 0 amide bonds. The van der Waals surface area contributed by atoms with Crippen LogP contribution in [0.4, 0.5) is 0 Å². The molecule has 0 radical (unpaired) electrons. The summed E-state index contributed by atoms with van der Waals surface area (Å²) in [5.41, 5.74) is 0. The smallest absolute Gasteiger partial charge is 0.347 e.